The van der Waals surface area contributed by atoms with E-state index in [1.54, 1.807) is 18.2 Å². The van der Waals surface area contributed by atoms with Gasteiger partial charge in [-0.25, -0.2) is 9.78 Å². The zero-order valence-corrected chi connectivity index (χ0v) is 16.0. The van der Waals surface area contributed by atoms with Crippen molar-refractivity contribution >= 4 is 17.4 Å². The van der Waals surface area contributed by atoms with Crippen LogP contribution in [0, 0.1) is 0 Å². The van der Waals surface area contributed by atoms with Crippen LogP contribution < -0.4 is 16.6 Å². The van der Waals surface area contributed by atoms with E-state index in [4.69, 9.17) is 11.6 Å². The summed E-state index contributed by atoms with van der Waals surface area (Å²) in [5, 5.41) is 12.9. The molecule has 3 aromatic heterocycles. The van der Waals surface area contributed by atoms with Crippen LogP contribution in [0.4, 0.5) is 19.0 Å². The van der Waals surface area contributed by atoms with Crippen LogP contribution in [0.15, 0.2) is 46.2 Å². The van der Waals surface area contributed by atoms with Gasteiger partial charge in [-0.15, -0.1) is 0 Å². The van der Waals surface area contributed by atoms with Crippen molar-refractivity contribution in [3.05, 3.63) is 79.3 Å². The number of H-pyrrole nitrogens is 1. The van der Waals surface area contributed by atoms with E-state index in [-0.39, 0.29) is 35.9 Å². The number of hydrogen-bond donors (Lipinski definition) is 3. The van der Waals surface area contributed by atoms with E-state index >= 15 is 0 Å². The first-order valence-electron chi connectivity index (χ1n) is 8.58. The third-order valence-corrected chi connectivity index (χ3v) is 4.43. The minimum atomic E-state index is -4.58. The number of halogens is 4. The summed E-state index contributed by atoms with van der Waals surface area (Å²) in [6.07, 6.45) is -2.42. The lowest BCUT2D eigenvalue weighted by atomic mass is 10.1. The van der Waals surface area contributed by atoms with Crippen LogP contribution >= 0.6 is 11.6 Å². The maximum atomic E-state index is 12.7. The van der Waals surface area contributed by atoms with E-state index in [9.17, 15) is 27.9 Å². The third-order valence-electron chi connectivity index (χ3n) is 4.15. The Morgan fingerprint density at radius 3 is 2.63 bits per heavy atom. The minimum Gasteiger partial charge on any atom is -0.494 e. The fourth-order valence-corrected chi connectivity index (χ4v) is 2.89. The van der Waals surface area contributed by atoms with E-state index in [0.717, 1.165) is 10.6 Å². The summed E-state index contributed by atoms with van der Waals surface area (Å²) in [5.41, 5.74) is -2.09. The Morgan fingerprint density at radius 1 is 1.23 bits per heavy atom. The molecule has 0 aliphatic carbocycles. The fraction of sp³-hybridized carbons (Fsp3) is 0.222. The fourth-order valence-electron chi connectivity index (χ4n) is 2.66. The first kappa shape index (κ1) is 21.4. The molecule has 0 unspecified atom stereocenters. The van der Waals surface area contributed by atoms with Crippen LogP contribution in [0.2, 0.25) is 5.02 Å². The molecule has 0 saturated heterocycles. The van der Waals surface area contributed by atoms with E-state index in [0.29, 0.717) is 11.9 Å². The molecule has 30 heavy (non-hydrogen) atoms. The number of nitrogens with zero attached hydrogens (tertiary/aromatic N) is 3. The minimum absolute atomic E-state index is 0.00199. The molecule has 0 spiro atoms. The Morgan fingerprint density at radius 2 is 2.00 bits per heavy atom. The van der Waals surface area contributed by atoms with Crippen molar-refractivity contribution in [2.75, 3.05) is 11.9 Å². The normalized spacial score (nSPS) is 11.5. The van der Waals surface area contributed by atoms with Gasteiger partial charge in [0.05, 0.1) is 16.1 Å². The van der Waals surface area contributed by atoms with Crippen LogP contribution in [0.3, 0.4) is 0 Å². The number of alkyl halides is 3. The van der Waals surface area contributed by atoms with Gasteiger partial charge in [0.2, 0.25) is 5.88 Å². The lowest BCUT2D eigenvalue weighted by Gasteiger charge is -2.13. The first-order valence-corrected chi connectivity index (χ1v) is 8.96. The summed E-state index contributed by atoms with van der Waals surface area (Å²) in [6.45, 7) is -0.129. The molecule has 0 bridgehead atoms. The van der Waals surface area contributed by atoms with Crippen molar-refractivity contribution in [3.8, 4) is 5.88 Å². The summed E-state index contributed by atoms with van der Waals surface area (Å²) in [7, 11) is 0. The Hall–Kier alpha value is -3.34. The molecular formula is C18H15ClF3N5O3. The standard InChI is InChI=1S/C18H15ClF3N5O3/c19-13-7-10(18(20,21)22)9-25-14(13)24-5-6-27-16(29)12(15(28)26-17(27)30)8-11-3-1-2-4-23-11/h1-4,7,9,29H,5-6,8H2,(H,24,25)(H,26,28,30). The third kappa shape index (κ3) is 4.79. The monoisotopic (exact) mass is 441 g/mol. The van der Waals surface area contributed by atoms with Crippen molar-refractivity contribution in [2.24, 2.45) is 0 Å². The van der Waals surface area contributed by atoms with Gasteiger partial charge >= 0.3 is 11.9 Å². The second-order valence-corrected chi connectivity index (χ2v) is 6.60. The van der Waals surface area contributed by atoms with E-state index in [1.807, 2.05) is 0 Å². The van der Waals surface area contributed by atoms with E-state index < -0.39 is 28.9 Å². The van der Waals surface area contributed by atoms with Crippen LogP contribution in [0.25, 0.3) is 0 Å². The summed E-state index contributed by atoms with van der Waals surface area (Å²) in [5.74, 6) is -0.544. The molecule has 0 aromatic carbocycles. The van der Waals surface area contributed by atoms with Crippen LogP contribution in [-0.4, -0.2) is 31.2 Å². The van der Waals surface area contributed by atoms with Gasteiger partial charge in [-0.1, -0.05) is 17.7 Å². The van der Waals surface area contributed by atoms with Crippen molar-refractivity contribution in [1.82, 2.24) is 19.5 Å². The van der Waals surface area contributed by atoms with Gasteiger partial charge < -0.3 is 10.4 Å². The molecule has 0 aliphatic rings. The van der Waals surface area contributed by atoms with Gasteiger partial charge in [0.1, 0.15) is 5.82 Å². The molecule has 0 saturated carbocycles. The van der Waals surface area contributed by atoms with E-state index in [2.05, 4.69) is 20.3 Å². The first-order chi connectivity index (χ1) is 14.2. The highest BCUT2D eigenvalue weighted by Crippen LogP contribution is 2.32. The summed E-state index contributed by atoms with van der Waals surface area (Å²) in [4.78, 5) is 34.0. The second kappa shape index (κ2) is 8.57. The van der Waals surface area contributed by atoms with Crippen molar-refractivity contribution in [3.63, 3.8) is 0 Å². The summed E-state index contributed by atoms with van der Waals surface area (Å²) in [6, 6.07) is 5.80. The molecule has 0 atom stereocenters. The number of rotatable bonds is 6. The molecule has 3 aromatic rings. The average Bonchev–Trinajstić information content (AvgIpc) is 2.68. The molecule has 0 aliphatic heterocycles. The zero-order valence-electron chi connectivity index (χ0n) is 15.2. The highest BCUT2D eigenvalue weighted by atomic mass is 35.5. The predicted octanol–water partition coefficient (Wildman–Crippen LogP) is 2.41. The van der Waals surface area contributed by atoms with Crippen LogP contribution in [0.5, 0.6) is 5.88 Å². The molecule has 158 valence electrons. The van der Waals surface area contributed by atoms with Gasteiger partial charge in [0, 0.05) is 37.6 Å². The van der Waals surface area contributed by atoms with Gasteiger partial charge in [0.25, 0.3) is 5.56 Å². The zero-order chi connectivity index (χ0) is 21.9. The van der Waals surface area contributed by atoms with E-state index in [1.165, 1.54) is 6.20 Å². The number of hydrogen-bond acceptors (Lipinski definition) is 6. The molecule has 3 heterocycles. The Bertz CT molecular complexity index is 1160. The molecule has 12 heteroatoms. The number of pyridine rings is 2. The van der Waals surface area contributed by atoms with Gasteiger partial charge in [0.15, 0.2) is 0 Å². The van der Waals surface area contributed by atoms with Gasteiger partial charge in [-0.3, -0.25) is 19.3 Å². The SMILES string of the molecule is O=c1[nH]c(=O)n(CCNc2ncc(C(F)(F)F)cc2Cl)c(O)c1Cc1ccccn1. The Kier molecular flexibility index (Phi) is 6.11. The maximum Gasteiger partial charge on any atom is 0.417 e. The summed E-state index contributed by atoms with van der Waals surface area (Å²) < 4.78 is 38.9. The quantitative estimate of drug-likeness (QED) is 0.541. The molecule has 0 fully saturated rings. The Balaban J connectivity index is 1.77. The topological polar surface area (TPSA) is 113 Å². The highest BCUT2D eigenvalue weighted by Gasteiger charge is 2.31. The largest absolute Gasteiger partial charge is 0.494 e. The molecule has 0 amide bonds. The number of nitrogens with one attached hydrogen (secondary N) is 2. The summed E-state index contributed by atoms with van der Waals surface area (Å²) >= 11 is 5.82. The smallest absolute Gasteiger partial charge is 0.417 e. The van der Waals surface area contributed by atoms with Gasteiger partial charge in [-0.2, -0.15) is 13.2 Å². The van der Waals surface area contributed by atoms with Crippen molar-refractivity contribution in [2.45, 2.75) is 19.1 Å². The highest BCUT2D eigenvalue weighted by molar-refractivity contribution is 6.32. The second-order valence-electron chi connectivity index (χ2n) is 6.19. The number of anilines is 1. The van der Waals surface area contributed by atoms with Gasteiger partial charge in [-0.05, 0) is 18.2 Å². The molecule has 3 N–H and O–H groups in total. The number of aromatic nitrogens is 4. The Labute approximate surface area is 172 Å². The van der Waals surface area contributed by atoms with Crippen LogP contribution in [-0.2, 0) is 19.1 Å². The maximum absolute atomic E-state index is 12.7. The number of aromatic amines is 1. The lowest BCUT2D eigenvalue weighted by Crippen LogP contribution is -2.34. The lowest BCUT2D eigenvalue weighted by molar-refractivity contribution is -0.137. The molecule has 3 rings (SSSR count). The average molecular weight is 442 g/mol. The number of aromatic hydroxyl groups is 1. The van der Waals surface area contributed by atoms with Crippen molar-refractivity contribution < 1.29 is 18.3 Å². The molecular weight excluding hydrogens is 427 g/mol. The molecule has 8 nitrogen and oxygen atoms in total. The van der Waals surface area contributed by atoms with Crippen LogP contribution in [0.1, 0.15) is 16.8 Å². The van der Waals surface area contributed by atoms with Crippen molar-refractivity contribution in [1.29, 1.82) is 0 Å². The predicted molar refractivity (Wildman–Crippen MR) is 103 cm³/mol. The molecule has 0 radical (unpaired) electrons.